The zero-order chi connectivity index (χ0) is 15.0. The average molecular weight is 341 g/mol. The number of thioether (sulfide) groups is 1. The monoisotopic (exact) mass is 340 g/mol. The van der Waals surface area contributed by atoms with Crippen LogP contribution in [0.15, 0.2) is 18.2 Å². The van der Waals surface area contributed by atoms with E-state index < -0.39 is 0 Å². The Labute approximate surface area is 137 Å². The molecule has 1 saturated heterocycles. The number of hydrogen-bond acceptors (Lipinski definition) is 4. The summed E-state index contributed by atoms with van der Waals surface area (Å²) in [6, 6.07) is 5.66. The third kappa shape index (κ3) is 2.74. The van der Waals surface area contributed by atoms with E-state index in [-0.39, 0.29) is 5.91 Å². The lowest BCUT2D eigenvalue weighted by Crippen LogP contribution is -2.41. The van der Waals surface area contributed by atoms with Crippen LogP contribution in [0.4, 0.5) is 5.69 Å². The molecule has 0 bridgehead atoms. The number of benzene rings is 1. The number of thiophene rings is 1. The maximum absolute atomic E-state index is 12.8. The van der Waals surface area contributed by atoms with Crippen LogP contribution in [0.25, 0.3) is 10.1 Å². The summed E-state index contributed by atoms with van der Waals surface area (Å²) in [5.74, 6) is 1.04. The van der Waals surface area contributed by atoms with E-state index in [1.807, 2.05) is 34.9 Å². The molecule has 1 amide bonds. The van der Waals surface area contributed by atoms with Crippen molar-refractivity contribution in [3.63, 3.8) is 0 Å². The second kappa shape index (κ2) is 6.07. The quantitative estimate of drug-likeness (QED) is 0.895. The Morgan fingerprint density at radius 2 is 2.33 bits per heavy atom. The molecular weight excluding hydrogens is 324 g/mol. The summed E-state index contributed by atoms with van der Waals surface area (Å²) in [7, 11) is 0. The predicted octanol–water partition coefficient (Wildman–Crippen LogP) is 4.10. The number of rotatable bonds is 2. The molecule has 1 aliphatic heterocycles. The van der Waals surface area contributed by atoms with Crippen LogP contribution in [0.2, 0.25) is 5.02 Å². The van der Waals surface area contributed by atoms with Crippen LogP contribution in [0.3, 0.4) is 0 Å². The van der Waals surface area contributed by atoms with Crippen molar-refractivity contribution in [1.29, 1.82) is 0 Å². The number of anilines is 1. The van der Waals surface area contributed by atoms with E-state index in [0.717, 1.165) is 35.3 Å². The highest BCUT2D eigenvalue weighted by molar-refractivity contribution is 8.00. The third-order valence-electron chi connectivity index (χ3n) is 3.78. The molecule has 1 aliphatic rings. The molecule has 1 atom stereocenters. The van der Waals surface area contributed by atoms with Crippen molar-refractivity contribution in [1.82, 2.24) is 4.90 Å². The van der Waals surface area contributed by atoms with Crippen molar-refractivity contribution in [2.75, 3.05) is 24.6 Å². The number of nitrogen functional groups attached to an aromatic ring is 1. The Morgan fingerprint density at radius 1 is 1.52 bits per heavy atom. The second-order valence-electron chi connectivity index (χ2n) is 5.11. The molecule has 3 rings (SSSR count). The molecule has 6 heteroatoms. The zero-order valence-electron chi connectivity index (χ0n) is 11.8. The molecule has 3 nitrogen and oxygen atoms in total. The van der Waals surface area contributed by atoms with Crippen LogP contribution in [0.5, 0.6) is 0 Å². The molecule has 21 heavy (non-hydrogen) atoms. The lowest BCUT2D eigenvalue weighted by atomic mass is 10.2. The van der Waals surface area contributed by atoms with Crippen LogP contribution in [0.1, 0.15) is 23.0 Å². The smallest absolute Gasteiger partial charge is 0.266 e. The molecular formula is C15H17ClN2OS2. The second-order valence-corrected chi connectivity index (χ2v) is 7.98. The number of hydrogen-bond donors (Lipinski definition) is 1. The molecule has 2 N–H and O–H groups in total. The lowest BCUT2D eigenvalue weighted by molar-refractivity contribution is 0.0767. The van der Waals surface area contributed by atoms with E-state index in [0.29, 0.717) is 20.8 Å². The van der Waals surface area contributed by atoms with Crippen molar-refractivity contribution < 1.29 is 4.79 Å². The highest BCUT2D eigenvalue weighted by Gasteiger charge is 2.27. The first-order valence-electron chi connectivity index (χ1n) is 6.99. The van der Waals surface area contributed by atoms with Gasteiger partial charge >= 0.3 is 0 Å². The maximum atomic E-state index is 12.8. The number of amides is 1. The summed E-state index contributed by atoms with van der Waals surface area (Å²) in [6.07, 6.45) is 1.09. The minimum atomic E-state index is 0.0449. The number of carbonyl (C=O) groups is 1. The summed E-state index contributed by atoms with van der Waals surface area (Å²) in [5.41, 5.74) is 6.71. The number of carbonyl (C=O) groups excluding carboxylic acids is 1. The molecule has 0 saturated carbocycles. The van der Waals surface area contributed by atoms with Gasteiger partial charge in [0.25, 0.3) is 5.91 Å². The van der Waals surface area contributed by atoms with Crippen molar-refractivity contribution in [3.05, 3.63) is 28.1 Å². The molecule has 0 radical (unpaired) electrons. The zero-order valence-corrected chi connectivity index (χ0v) is 14.2. The van der Waals surface area contributed by atoms with E-state index in [1.54, 1.807) is 0 Å². The molecule has 0 aliphatic carbocycles. The first-order valence-corrected chi connectivity index (χ1v) is 9.23. The predicted molar refractivity (Wildman–Crippen MR) is 93.7 cm³/mol. The van der Waals surface area contributed by atoms with Crippen LogP contribution < -0.4 is 5.73 Å². The first-order chi connectivity index (χ1) is 10.1. The first kappa shape index (κ1) is 15.0. The standard InChI is InChI=1S/C15H17ClN2OS2/c1-2-9-8-18(6-7-20-9)15(19)14-13(17)12-10(16)4-3-5-11(12)21-14/h3-5,9H,2,6-8,17H2,1H3. The highest BCUT2D eigenvalue weighted by Crippen LogP contribution is 2.39. The summed E-state index contributed by atoms with van der Waals surface area (Å²) in [5, 5.41) is 1.95. The van der Waals surface area contributed by atoms with E-state index in [1.165, 1.54) is 11.3 Å². The Kier molecular flexibility index (Phi) is 4.33. The van der Waals surface area contributed by atoms with Gasteiger partial charge in [0.05, 0.1) is 10.7 Å². The molecule has 112 valence electrons. The van der Waals surface area contributed by atoms with E-state index in [9.17, 15) is 4.79 Å². The minimum Gasteiger partial charge on any atom is -0.397 e. The topological polar surface area (TPSA) is 46.3 Å². The van der Waals surface area contributed by atoms with Gasteiger partial charge in [0.2, 0.25) is 0 Å². The lowest BCUT2D eigenvalue weighted by Gasteiger charge is -2.31. The Hall–Kier alpha value is -0.910. The molecule has 1 unspecified atom stereocenters. The van der Waals surface area contributed by atoms with Gasteiger partial charge in [0, 0.05) is 34.2 Å². The largest absolute Gasteiger partial charge is 0.397 e. The Morgan fingerprint density at radius 3 is 3.05 bits per heavy atom. The molecule has 1 fully saturated rings. The Bertz CT molecular complexity index is 686. The molecule has 0 spiro atoms. The van der Waals surface area contributed by atoms with E-state index in [2.05, 4.69) is 6.92 Å². The SMILES string of the molecule is CCC1CN(C(=O)c2sc3cccc(Cl)c3c2N)CCS1. The van der Waals surface area contributed by atoms with Crippen molar-refractivity contribution >= 4 is 56.4 Å². The van der Waals surface area contributed by atoms with Crippen LogP contribution in [-0.4, -0.2) is 34.9 Å². The van der Waals surface area contributed by atoms with Gasteiger partial charge in [-0.15, -0.1) is 11.3 Å². The van der Waals surface area contributed by atoms with Gasteiger partial charge in [-0.3, -0.25) is 4.79 Å². The molecule has 1 aromatic heterocycles. The van der Waals surface area contributed by atoms with Gasteiger partial charge in [-0.05, 0) is 18.6 Å². The number of nitrogens with zero attached hydrogens (tertiary/aromatic N) is 1. The molecule has 2 heterocycles. The fourth-order valence-corrected chi connectivity index (χ4v) is 5.21. The van der Waals surface area contributed by atoms with Crippen molar-refractivity contribution in [2.24, 2.45) is 0 Å². The fraction of sp³-hybridized carbons (Fsp3) is 0.400. The summed E-state index contributed by atoms with van der Waals surface area (Å²) in [6.45, 7) is 3.77. The Balaban J connectivity index is 1.95. The van der Waals surface area contributed by atoms with Crippen molar-refractivity contribution in [3.8, 4) is 0 Å². The average Bonchev–Trinajstić information content (AvgIpc) is 2.85. The van der Waals surface area contributed by atoms with Gasteiger partial charge in [-0.2, -0.15) is 11.8 Å². The number of nitrogens with two attached hydrogens (primary N) is 1. The summed E-state index contributed by atoms with van der Waals surface area (Å²) in [4.78, 5) is 15.3. The number of fused-ring (bicyclic) bond motifs is 1. The van der Waals surface area contributed by atoms with Gasteiger partial charge in [0.1, 0.15) is 4.88 Å². The third-order valence-corrected chi connectivity index (χ3v) is 6.62. The van der Waals surface area contributed by atoms with Gasteiger partial charge in [-0.1, -0.05) is 24.6 Å². The summed E-state index contributed by atoms with van der Waals surface area (Å²) >= 11 is 9.60. The van der Waals surface area contributed by atoms with Crippen molar-refractivity contribution in [2.45, 2.75) is 18.6 Å². The van der Waals surface area contributed by atoms with Gasteiger partial charge in [0.15, 0.2) is 0 Å². The number of halogens is 1. The van der Waals surface area contributed by atoms with E-state index in [4.69, 9.17) is 17.3 Å². The van der Waals surface area contributed by atoms with Gasteiger partial charge < -0.3 is 10.6 Å². The van der Waals surface area contributed by atoms with Crippen LogP contribution in [-0.2, 0) is 0 Å². The molecule has 2 aromatic rings. The highest BCUT2D eigenvalue weighted by atomic mass is 35.5. The van der Waals surface area contributed by atoms with E-state index >= 15 is 0 Å². The van der Waals surface area contributed by atoms with Crippen LogP contribution in [0, 0.1) is 0 Å². The fourth-order valence-electron chi connectivity index (χ4n) is 2.58. The van der Waals surface area contributed by atoms with Crippen LogP contribution >= 0.6 is 34.7 Å². The normalized spacial score (nSPS) is 19.1. The van der Waals surface area contributed by atoms with Gasteiger partial charge in [-0.25, -0.2) is 0 Å². The summed E-state index contributed by atoms with van der Waals surface area (Å²) < 4.78 is 0.974. The minimum absolute atomic E-state index is 0.0449. The molecule has 1 aromatic carbocycles. The maximum Gasteiger partial charge on any atom is 0.266 e.